The van der Waals surface area contributed by atoms with Gasteiger partial charge in [-0.15, -0.1) is 0 Å². The van der Waals surface area contributed by atoms with Gasteiger partial charge in [-0.05, 0) is 32.5 Å². The number of hydrogen-bond donors (Lipinski definition) is 0. The Balaban J connectivity index is 3.95. The van der Waals surface area contributed by atoms with Gasteiger partial charge >= 0.3 is 8.56 Å². The van der Waals surface area contributed by atoms with E-state index >= 15 is 0 Å². The molecule has 3 nitrogen and oxygen atoms in total. The molecule has 0 N–H and O–H groups in total. The second-order valence-corrected chi connectivity index (χ2v) is 7.72. The average molecular weight is 233 g/mol. The smallest absolute Gasteiger partial charge is 0.335 e. The molecule has 92 valence electrons. The molecule has 0 aliphatic rings. The minimum Gasteiger partial charge on any atom is -0.398 e. The standard InChI is InChI=1S/C11H27NO2Si/c1-6-8-12(9-7-2)10-11-15(5,13-3)14-4/h6-11H2,1-5H3. The van der Waals surface area contributed by atoms with E-state index in [0.717, 1.165) is 12.6 Å². The fourth-order valence-electron chi connectivity index (χ4n) is 1.62. The van der Waals surface area contributed by atoms with Gasteiger partial charge in [-0.1, -0.05) is 13.8 Å². The van der Waals surface area contributed by atoms with E-state index in [9.17, 15) is 0 Å². The predicted molar refractivity (Wildman–Crippen MR) is 67.5 cm³/mol. The molecule has 0 heterocycles. The van der Waals surface area contributed by atoms with Gasteiger partial charge in [0.1, 0.15) is 0 Å². The highest BCUT2D eigenvalue weighted by Crippen LogP contribution is 2.12. The van der Waals surface area contributed by atoms with E-state index in [-0.39, 0.29) is 0 Å². The van der Waals surface area contributed by atoms with Crippen LogP contribution in [0.2, 0.25) is 12.6 Å². The molecule has 4 heteroatoms. The first-order valence-electron chi connectivity index (χ1n) is 5.94. The highest BCUT2D eigenvalue weighted by molar-refractivity contribution is 6.66. The monoisotopic (exact) mass is 233 g/mol. The first kappa shape index (κ1) is 15.1. The zero-order valence-corrected chi connectivity index (χ0v) is 12.0. The third kappa shape index (κ3) is 6.30. The van der Waals surface area contributed by atoms with Crippen LogP contribution >= 0.6 is 0 Å². The summed E-state index contributed by atoms with van der Waals surface area (Å²) in [7, 11) is 1.67. The van der Waals surface area contributed by atoms with Gasteiger partial charge in [-0.3, -0.25) is 0 Å². The van der Waals surface area contributed by atoms with Crippen molar-refractivity contribution in [2.24, 2.45) is 0 Å². The summed E-state index contributed by atoms with van der Waals surface area (Å²) in [5.41, 5.74) is 0. The molecule has 0 saturated carbocycles. The molecule has 15 heavy (non-hydrogen) atoms. The molecule has 0 spiro atoms. The lowest BCUT2D eigenvalue weighted by Crippen LogP contribution is -2.40. The molecule has 0 amide bonds. The summed E-state index contributed by atoms with van der Waals surface area (Å²) in [5, 5.41) is 0. The Kier molecular flexibility index (Phi) is 8.33. The Morgan fingerprint density at radius 2 is 1.40 bits per heavy atom. The van der Waals surface area contributed by atoms with Gasteiger partial charge in [0.2, 0.25) is 0 Å². The van der Waals surface area contributed by atoms with Crippen molar-refractivity contribution >= 4 is 8.56 Å². The topological polar surface area (TPSA) is 21.7 Å². The second-order valence-electron chi connectivity index (χ2n) is 4.13. The molecule has 0 aromatic carbocycles. The van der Waals surface area contributed by atoms with E-state index in [1.165, 1.54) is 25.9 Å². The molecular weight excluding hydrogens is 206 g/mol. The largest absolute Gasteiger partial charge is 0.398 e. The van der Waals surface area contributed by atoms with Gasteiger partial charge in [0, 0.05) is 26.8 Å². The van der Waals surface area contributed by atoms with Crippen LogP contribution < -0.4 is 0 Å². The molecule has 0 rings (SSSR count). The van der Waals surface area contributed by atoms with Gasteiger partial charge in [0.25, 0.3) is 0 Å². The summed E-state index contributed by atoms with van der Waals surface area (Å²) in [6, 6.07) is 1.06. The van der Waals surface area contributed by atoms with Crippen LogP contribution in [0.5, 0.6) is 0 Å². The average Bonchev–Trinajstić information content (AvgIpc) is 2.26. The summed E-state index contributed by atoms with van der Waals surface area (Å²) in [6.07, 6.45) is 2.44. The number of rotatable bonds is 9. The highest BCUT2D eigenvalue weighted by atomic mass is 28.4. The molecule has 0 fully saturated rings. The zero-order chi connectivity index (χ0) is 11.7. The molecule has 0 aliphatic carbocycles. The van der Waals surface area contributed by atoms with Crippen LogP contribution in [0.15, 0.2) is 0 Å². The normalized spacial score (nSPS) is 12.4. The zero-order valence-electron chi connectivity index (χ0n) is 11.0. The minimum absolute atomic E-state index is 1.06. The molecule has 0 atom stereocenters. The van der Waals surface area contributed by atoms with Gasteiger partial charge in [0.15, 0.2) is 0 Å². The quantitative estimate of drug-likeness (QED) is 0.571. The van der Waals surface area contributed by atoms with E-state index in [2.05, 4.69) is 25.3 Å². The van der Waals surface area contributed by atoms with Crippen LogP contribution in [-0.4, -0.2) is 47.3 Å². The molecule has 0 aromatic heterocycles. The fourth-order valence-corrected chi connectivity index (χ4v) is 2.91. The third-order valence-electron chi connectivity index (χ3n) is 2.83. The van der Waals surface area contributed by atoms with Crippen molar-refractivity contribution in [2.45, 2.75) is 39.3 Å². The Labute approximate surface area is 96.0 Å². The van der Waals surface area contributed by atoms with Gasteiger partial charge in [-0.2, -0.15) is 0 Å². The van der Waals surface area contributed by atoms with Crippen molar-refractivity contribution < 1.29 is 8.85 Å². The number of hydrogen-bond acceptors (Lipinski definition) is 3. The molecule has 0 unspecified atom stereocenters. The maximum absolute atomic E-state index is 5.48. The minimum atomic E-state index is -1.86. The first-order valence-corrected chi connectivity index (χ1v) is 8.46. The van der Waals surface area contributed by atoms with Gasteiger partial charge < -0.3 is 13.8 Å². The fraction of sp³-hybridized carbons (Fsp3) is 1.00. The van der Waals surface area contributed by atoms with Crippen LogP contribution in [0.3, 0.4) is 0 Å². The van der Waals surface area contributed by atoms with E-state index in [1.807, 2.05) is 0 Å². The van der Waals surface area contributed by atoms with Crippen LogP contribution in [0.4, 0.5) is 0 Å². The van der Waals surface area contributed by atoms with E-state index in [1.54, 1.807) is 14.2 Å². The van der Waals surface area contributed by atoms with Crippen molar-refractivity contribution in [3.05, 3.63) is 0 Å². The van der Waals surface area contributed by atoms with Gasteiger partial charge in [-0.25, -0.2) is 0 Å². The molecule has 0 bridgehead atoms. The van der Waals surface area contributed by atoms with Crippen molar-refractivity contribution in [3.63, 3.8) is 0 Å². The molecule has 0 aromatic rings. The lowest BCUT2D eigenvalue weighted by atomic mass is 10.3. The summed E-state index contributed by atoms with van der Waals surface area (Å²) in [5.74, 6) is 0. The van der Waals surface area contributed by atoms with E-state index in [0.29, 0.717) is 0 Å². The van der Waals surface area contributed by atoms with Crippen LogP contribution in [0.1, 0.15) is 26.7 Å². The van der Waals surface area contributed by atoms with Crippen molar-refractivity contribution in [1.82, 2.24) is 4.90 Å². The predicted octanol–water partition coefficient (Wildman–Crippen LogP) is 2.47. The Bertz CT molecular complexity index is 146. The van der Waals surface area contributed by atoms with Crippen molar-refractivity contribution in [1.29, 1.82) is 0 Å². The Morgan fingerprint density at radius 1 is 0.933 bits per heavy atom. The molecule has 0 radical (unpaired) electrons. The molecule has 0 saturated heterocycles. The summed E-state index contributed by atoms with van der Waals surface area (Å²) >= 11 is 0. The summed E-state index contributed by atoms with van der Waals surface area (Å²) in [6.45, 7) is 10.1. The van der Waals surface area contributed by atoms with Gasteiger partial charge in [0.05, 0.1) is 0 Å². The maximum atomic E-state index is 5.48. The molecular formula is C11H27NO2Si. The summed E-state index contributed by atoms with van der Waals surface area (Å²) < 4.78 is 11.0. The summed E-state index contributed by atoms with van der Waals surface area (Å²) in [4.78, 5) is 2.50. The van der Waals surface area contributed by atoms with Crippen molar-refractivity contribution in [2.75, 3.05) is 33.9 Å². The third-order valence-corrected chi connectivity index (χ3v) is 5.68. The Hall–Kier alpha value is 0.0969. The number of nitrogens with zero attached hydrogens (tertiary/aromatic N) is 1. The van der Waals surface area contributed by atoms with Crippen LogP contribution in [0, 0.1) is 0 Å². The lowest BCUT2D eigenvalue weighted by molar-refractivity contribution is 0.230. The van der Waals surface area contributed by atoms with E-state index < -0.39 is 8.56 Å². The first-order chi connectivity index (χ1) is 7.11. The van der Waals surface area contributed by atoms with Crippen LogP contribution in [0.25, 0.3) is 0 Å². The maximum Gasteiger partial charge on any atom is 0.335 e. The van der Waals surface area contributed by atoms with Crippen LogP contribution in [-0.2, 0) is 8.85 Å². The second kappa shape index (κ2) is 8.27. The molecule has 0 aliphatic heterocycles. The van der Waals surface area contributed by atoms with E-state index in [4.69, 9.17) is 8.85 Å². The lowest BCUT2D eigenvalue weighted by Gasteiger charge is -2.27. The Morgan fingerprint density at radius 3 is 1.73 bits per heavy atom. The van der Waals surface area contributed by atoms with Crippen molar-refractivity contribution in [3.8, 4) is 0 Å². The SMILES string of the molecule is CCCN(CCC)CC[Si](C)(OC)OC. The highest BCUT2D eigenvalue weighted by Gasteiger charge is 2.28.